The fourth-order valence-electron chi connectivity index (χ4n) is 3.20. The predicted octanol–water partition coefficient (Wildman–Crippen LogP) is 2.88. The number of nitrogens with zero attached hydrogens (tertiary/aromatic N) is 2. The Balaban J connectivity index is 1.53. The summed E-state index contributed by atoms with van der Waals surface area (Å²) in [6.07, 6.45) is 1.01. The molecule has 2 aliphatic rings. The average molecular weight is 326 g/mol. The molecule has 1 aromatic heterocycles. The molecule has 0 bridgehead atoms. The smallest absolute Gasteiger partial charge is 0.214 e. The molecule has 0 radical (unpaired) electrons. The van der Waals surface area contributed by atoms with E-state index in [9.17, 15) is 0 Å². The third kappa shape index (κ3) is 3.43. The Morgan fingerprint density at radius 2 is 1.96 bits per heavy atom. The van der Waals surface area contributed by atoms with Crippen molar-refractivity contribution in [3.8, 4) is 17.1 Å². The van der Waals surface area contributed by atoms with Gasteiger partial charge >= 0.3 is 0 Å². The molecule has 24 heavy (non-hydrogen) atoms. The van der Waals surface area contributed by atoms with Crippen LogP contribution in [0.5, 0.6) is 5.88 Å². The summed E-state index contributed by atoms with van der Waals surface area (Å²) in [6, 6.07) is 14.1. The van der Waals surface area contributed by atoms with E-state index in [1.165, 1.54) is 0 Å². The molecule has 5 nitrogen and oxygen atoms in total. The van der Waals surface area contributed by atoms with E-state index in [0.717, 1.165) is 36.3 Å². The number of benzene rings is 1. The molecule has 4 rings (SSSR count). The Morgan fingerprint density at radius 3 is 2.75 bits per heavy atom. The van der Waals surface area contributed by atoms with Gasteiger partial charge in [-0.15, -0.1) is 0 Å². The zero-order chi connectivity index (χ0) is 16.4. The molecule has 126 valence electrons. The van der Waals surface area contributed by atoms with Crippen molar-refractivity contribution in [1.29, 1.82) is 0 Å². The molecule has 0 aliphatic carbocycles. The van der Waals surface area contributed by atoms with Gasteiger partial charge in [-0.05, 0) is 25.6 Å². The van der Waals surface area contributed by atoms with Crippen molar-refractivity contribution in [3.05, 3.63) is 48.0 Å². The third-order valence-corrected chi connectivity index (χ3v) is 4.44. The molecule has 0 amide bonds. The quantitative estimate of drug-likeness (QED) is 0.864. The summed E-state index contributed by atoms with van der Waals surface area (Å²) in [7, 11) is 2.12. The summed E-state index contributed by atoms with van der Waals surface area (Å²) in [4.78, 5) is 6.95. The highest BCUT2D eigenvalue weighted by Crippen LogP contribution is 2.28. The van der Waals surface area contributed by atoms with Gasteiger partial charge in [0, 0.05) is 30.3 Å². The minimum atomic E-state index is -0.265. The maximum atomic E-state index is 6.04. The van der Waals surface area contributed by atoms with Crippen LogP contribution in [0, 0.1) is 0 Å². The molecule has 2 saturated heterocycles. The lowest BCUT2D eigenvalue weighted by Gasteiger charge is -2.14. The first-order valence-corrected chi connectivity index (χ1v) is 8.44. The topological polar surface area (TPSA) is 43.8 Å². The molecular weight excluding hydrogens is 304 g/mol. The highest BCUT2D eigenvalue weighted by atomic mass is 16.7. The fourth-order valence-corrected chi connectivity index (χ4v) is 3.20. The van der Waals surface area contributed by atoms with Crippen molar-refractivity contribution < 1.29 is 14.2 Å². The molecule has 3 heterocycles. The second kappa shape index (κ2) is 6.89. The molecule has 0 saturated carbocycles. The van der Waals surface area contributed by atoms with Crippen LogP contribution in [0.2, 0.25) is 0 Å². The van der Waals surface area contributed by atoms with E-state index < -0.39 is 0 Å². The van der Waals surface area contributed by atoms with E-state index in [-0.39, 0.29) is 12.4 Å². The third-order valence-electron chi connectivity index (χ3n) is 4.44. The van der Waals surface area contributed by atoms with Crippen LogP contribution >= 0.6 is 0 Å². The van der Waals surface area contributed by atoms with Crippen LogP contribution < -0.4 is 4.74 Å². The van der Waals surface area contributed by atoms with Crippen molar-refractivity contribution in [1.82, 2.24) is 9.88 Å². The lowest BCUT2D eigenvalue weighted by molar-refractivity contribution is -0.0440. The van der Waals surface area contributed by atoms with Gasteiger partial charge in [-0.25, -0.2) is 4.98 Å². The largest absolute Gasteiger partial charge is 0.473 e. The molecule has 1 atom stereocenters. The molecular formula is C19H22N2O3. The van der Waals surface area contributed by atoms with Gasteiger partial charge in [0.2, 0.25) is 5.88 Å². The summed E-state index contributed by atoms with van der Waals surface area (Å²) in [5, 5.41) is 0. The predicted molar refractivity (Wildman–Crippen MR) is 90.8 cm³/mol. The van der Waals surface area contributed by atoms with Gasteiger partial charge in [0.15, 0.2) is 6.29 Å². The molecule has 2 aromatic rings. The number of likely N-dealkylation sites (tertiary alicyclic amines) is 1. The molecule has 1 aromatic carbocycles. The van der Waals surface area contributed by atoms with E-state index in [1.54, 1.807) is 0 Å². The highest BCUT2D eigenvalue weighted by Gasteiger charge is 2.22. The number of likely N-dealkylation sites (N-methyl/N-ethyl adjacent to an activating group) is 1. The maximum Gasteiger partial charge on any atom is 0.214 e. The second-order valence-corrected chi connectivity index (χ2v) is 6.35. The number of pyridine rings is 1. The zero-order valence-electron chi connectivity index (χ0n) is 13.9. The number of ether oxygens (including phenoxy) is 3. The number of hydrogen-bond acceptors (Lipinski definition) is 5. The van der Waals surface area contributed by atoms with E-state index in [4.69, 9.17) is 14.2 Å². The molecule has 0 N–H and O–H groups in total. The van der Waals surface area contributed by atoms with Crippen LogP contribution in [0.25, 0.3) is 11.3 Å². The standard InChI is InChI=1S/C19H22N2O3/c1-21-9-8-16(13-21)24-18-7-3-6-17(20-18)14-4-2-5-15(12-14)19-22-10-11-23-19/h2-7,12,16,19H,8-11,13H2,1H3. The Morgan fingerprint density at radius 1 is 1.12 bits per heavy atom. The fraction of sp³-hybridized carbons (Fsp3) is 0.421. The minimum Gasteiger partial charge on any atom is -0.473 e. The minimum absolute atomic E-state index is 0.226. The van der Waals surface area contributed by atoms with E-state index in [1.807, 2.05) is 36.4 Å². The van der Waals surface area contributed by atoms with Gasteiger partial charge in [0.05, 0.1) is 18.9 Å². The highest BCUT2D eigenvalue weighted by molar-refractivity contribution is 5.60. The van der Waals surface area contributed by atoms with Gasteiger partial charge in [-0.2, -0.15) is 0 Å². The van der Waals surface area contributed by atoms with Gasteiger partial charge < -0.3 is 19.1 Å². The summed E-state index contributed by atoms with van der Waals surface area (Å²) in [5.41, 5.74) is 2.97. The first-order chi connectivity index (χ1) is 11.8. The first kappa shape index (κ1) is 15.6. The first-order valence-electron chi connectivity index (χ1n) is 8.44. The van der Waals surface area contributed by atoms with Crippen molar-refractivity contribution in [2.24, 2.45) is 0 Å². The summed E-state index contributed by atoms with van der Waals surface area (Å²) in [5.74, 6) is 0.687. The van der Waals surface area contributed by atoms with Gasteiger partial charge in [-0.1, -0.05) is 24.3 Å². The molecule has 0 spiro atoms. The SMILES string of the molecule is CN1CCC(Oc2cccc(-c3cccc(C4OCCO4)c3)n2)C1. The Bertz CT molecular complexity index is 701. The lowest BCUT2D eigenvalue weighted by atomic mass is 10.1. The van der Waals surface area contributed by atoms with Gasteiger partial charge in [0.1, 0.15) is 6.10 Å². The summed E-state index contributed by atoms with van der Waals surface area (Å²) < 4.78 is 17.2. The molecule has 5 heteroatoms. The number of hydrogen-bond donors (Lipinski definition) is 0. The summed E-state index contributed by atoms with van der Waals surface area (Å²) >= 11 is 0. The van der Waals surface area contributed by atoms with Gasteiger partial charge in [-0.3, -0.25) is 0 Å². The molecule has 1 unspecified atom stereocenters. The van der Waals surface area contributed by atoms with Crippen molar-refractivity contribution in [3.63, 3.8) is 0 Å². The number of aromatic nitrogens is 1. The van der Waals surface area contributed by atoms with E-state index >= 15 is 0 Å². The average Bonchev–Trinajstić information content (AvgIpc) is 3.27. The Labute approximate surface area is 142 Å². The van der Waals surface area contributed by atoms with E-state index in [0.29, 0.717) is 19.1 Å². The van der Waals surface area contributed by atoms with E-state index in [2.05, 4.69) is 23.0 Å². The maximum absolute atomic E-state index is 6.04. The monoisotopic (exact) mass is 326 g/mol. The lowest BCUT2D eigenvalue weighted by Crippen LogP contribution is -2.21. The van der Waals surface area contributed by atoms with Crippen LogP contribution in [0.15, 0.2) is 42.5 Å². The number of rotatable bonds is 4. The Hall–Kier alpha value is -1.95. The van der Waals surface area contributed by atoms with Gasteiger partial charge in [0.25, 0.3) is 0 Å². The van der Waals surface area contributed by atoms with Crippen LogP contribution in [0.3, 0.4) is 0 Å². The normalized spacial score (nSPS) is 22.1. The van der Waals surface area contributed by atoms with Crippen LogP contribution in [0.4, 0.5) is 0 Å². The molecule has 2 fully saturated rings. The Kier molecular flexibility index (Phi) is 4.47. The van der Waals surface area contributed by atoms with Crippen LogP contribution in [0.1, 0.15) is 18.3 Å². The van der Waals surface area contributed by atoms with Crippen molar-refractivity contribution in [2.75, 3.05) is 33.4 Å². The zero-order valence-corrected chi connectivity index (χ0v) is 13.9. The summed E-state index contributed by atoms with van der Waals surface area (Å²) in [6.45, 7) is 3.32. The molecule has 2 aliphatic heterocycles. The second-order valence-electron chi connectivity index (χ2n) is 6.35. The van der Waals surface area contributed by atoms with Crippen LogP contribution in [-0.4, -0.2) is 49.3 Å². The van der Waals surface area contributed by atoms with Crippen LogP contribution in [-0.2, 0) is 9.47 Å². The van der Waals surface area contributed by atoms with Crippen molar-refractivity contribution in [2.45, 2.75) is 18.8 Å². The van der Waals surface area contributed by atoms with Crippen molar-refractivity contribution >= 4 is 0 Å².